The number of benzene rings is 1. The molecular formula is C16H20N4O. The third-order valence-electron chi connectivity index (χ3n) is 3.19. The van der Waals surface area contributed by atoms with Crippen molar-refractivity contribution >= 4 is 11.6 Å². The molecule has 0 spiro atoms. The van der Waals surface area contributed by atoms with E-state index in [0.29, 0.717) is 11.4 Å². The molecule has 2 aromatic rings. The van der Waals surface area contributed by atoms with Crippen LogP contribution < -0.4 is 10.2 Å². The fourth-order valence-electron chi connectivity index (χ4n) is 1.93. The van der Waals surface area contributed by atoms with Crippen LogP contribution in [0.2, 0.25) is 0 Å². The number of anilines is 1. The second-order valence-electron chi connectivity index (χ2n) is 5.19. The molecule has 110 valence electrons. The Kier molecular flexibility index (Phi) is 4.52. The zero-order chi connectivity index (χ0) is 15.4. The maximum Gasteiger partial charge on any atom is 0.251 e. The number of hydrogen-bond donors (Lipinski definition) is 1. The molecule has 2 rings (SSSR count). The quantitative estimate of drug-likeness (QED) is 0.936. The van der Waals surface area contributed by atoms with Crippen LogP contribution in [0.3, 0.4) is 0 Å². The molecule has 1 atom stereocenters. The molecular weight excluding hydrogens is 264 g/mol. The molecule has 0 radical (unpaired) electrons. The van der Waals surface area contributed by atoms with Gasteiger partial charge in [0.05, 0.1) is 6.04 Å². The van der Waals surface area contributed by atoms with E-state index in [1.54, 1.807) is 6.20 Å². The van der Waals surface area contributed by atoms with E-state index >= 15 is 0 Å². The van der Waals surface area contributed by atoms with Gasteiger partial charge in [-0.3, -0.25) is 4.79 Å². The van der Waals surface area contributed by atoms with Crippen LogP contribution in [-0.4, -0.2) is 30.0 Å². The van der Waals surface area contributed by atoms with Crippen molar-refractivity contribution in [3.8, 4) is 0 Å². The van der Waals surface area contributed by atoms with Crippen molar-refractivity contribution < 1.29 is 4.79 Å². The van der Waals surface area contributed by atoms with Gasteiger partial charge in [0.15, 0.2) is 0 Å². The van der Waals surface area contributed by atoms with Gasteiger partial charge in [-0.05, 0) is 44.2 Å². The van der Waals surface area contributed by atoms with Gasteiger partial charge in [0.2, 0.25) is 0 Å². The summed E-state index contributed by atoms with van der Waals surface area (Å²) in [7, 11) is 3.93. The van der Waals surface area contributed by atoms with Gasteiger partial charge in [0.1, 0.15) is 5.82 Å². The lowest BCUT2D eigenvalue weighted by Crippen LogP contribution is -2.28. The van der Waals surface area contributed by atoms with E-state index in [2.05, 4.69) is 15.3 Å². The molecule has 1 unspecified atom stereocenters. The molecule has 1 amide bonds. The fourth-order valence-corrected chi connectivity index (χ4v) is 1.93. The highest BCUT2D eigenvalue weighted by Gasteiger charge is 2.13. The van der Waals surface area contributed by atoms with E-state index in [1.165, 1.54) is 0 Å². The maximum atomic E-state index is 12.2. The second kappa shape index (κ2) is 6.35. The van der Waals surface area contributed by atoms with Crippen molar-refractivity contribution in [2.45, 2.75) is 19.9 Å². The predicted octanol–water partition coefficient (Wildman–Crippen LogP) is 2.34. The van der Waals surface area contributed by atoms with Crippen molar-refractivity contribution in [3.63, 3.8) is 0 Å². The van der Waals surface area contributed by atoms with Gasteiger partial charge < -0.3 is 10.2 Å². The third kappa shape index (κ3) is 3.78. The number of nitrogens with one attached hydrogen (secondary N) is 1. The van der Waals surface area contributed by atoms with Crippen LogP contribution in [0.5, 0.6) is 0 Å². The fraction of sp³-hybridized carbons (Fsp3) is 0.312. The predicted molar refractivity (Wildman–Crippen MR) is 83.4 cm³/mol. The summed E-state index contributed by atoms with van der Waals surface area (Å²) in [5.41, 5.74) is 2.57. The lowest BCUT2D eigenvalue weighted by molar-refractivity contribution is 0.0938. The average molecular weight is 284 g/mol. The summed E-state index contributed by atoms with van der Waals surface area (Å²) in [6.07, 6.45) is 1.70. The zero-order valence-electron chi connectivity index (χ0n) is 12.8. The zero-order valence-corrected chi connectivity index (χ0v) is 12.8. The summed E-state index contributed by atoms with van der Waals surface area (Å²) < 4.78 is 0. The number of hydrogen-bond acceptors (Lipinski definition) is 4. The summed E-state index contributed by atoms with van der Waals surface area (Å²) in [5.74, 6) is 0.492. The molecule has 1 aromatic carbocycles. The standard InChI is InChI=1S/C16H20N4O/c1-11-9-10-17-15(18-11)12(2)19-16(21)13-5-7-14(8-6-13)20(3)4/h5-10,12H,1-4H3,(H,19,21). The highest BCUT2D eigenvalue weighted by atomic mass is 16.1. The van der Waals surface area contributed by atoms with Gasteiger partial charge in [-0.1, -0.05) is 0 Å². The van der Waals surface area contributed by atoms with Crippen LogP contribution >= 0.6 is 0 Å². The molecule has 0 fully saturated rings. The topological polar surface area (TPSA) is 58.1 Å². The Morgan fingerprint density at radius 1 is 1.19 bits per heavy atom. The van der Waals surface area contributed by atoms with E-state index in [0.717, 1.165) is 11.4 Å². The molecule has 1 aromatic heterocycles. The Bertz CT molecular complexity index is 622. The summed E-state index contributed by atoms with van der Waals surface area (Å²) in [6, 6.07) is 9.07. The number of nitrogens with zero attached hydrogens (tertiary/aromatic N) is 3. The van der Waals surface area contributed by atoms with E-state index in [-0.39, 0.29) is 11.9 Å². The van der Waals surface area contributed by atoms with E-state index in [9.17, 15) is 4.79 Å². The number of carbonyl (C=O) groups is 1. The first-order chi connectivity index (χ1) is 9.97. The van der Waals surface area contributed by atoms with Crippen LogP contribution in [-0.2, 0) is 0 Å². The minimum atomic E-state index is -0.231. The van der Waals surface area contributed by atoms with Gasteiger partial charge in [0, 0.05) is 37.2 Å². The first-order valence-corrected chi connectivity index (χ1v) is 6.85. The number of aryl methyl sites for hydroxylation is 1. The normalized spacial score (nSPS) is 11.8. The van der Waals surface area contributed by atoms with Crippen molar-refractivity contribution in [1.29, 1.82) is 0 Å². The SMILES string of the molecule is Cc1ccnc(C(C)NC(=O)c2ccc(N(C)C)cc2)n1. The van der Waals surface area contributed by atoms with Crippen LogP contribution in [0.4, 0.5) is 5.69 Å². The third-order valence-corrected chi connectivity index (χ3v) is 3.19. The monoisotopic (exact) mass is 284 g/mol. The molecule has 0 saturated heterocycles. The number of carbonyl (C=O) groups excluding carboxylic acids is 1. The first kappa shape index (κ1) is 15.0. The first-order valence-electron chi connectivity index (χ1n) is 6.85. The number of amides is 1. The minimum absolute atomic E-state index is 0.127. The Balaban J connectivity index is 2.07. The van der Waals surface area contributed by atoms with Crippen molar-refractivity contribution in [3.05, 3.63) is 53.6 Å². The Hall–Kier alpha value is -2.43. The lowest BCUT2D eigenvalue weighted by atomic mass is 10.1. The summed E-state index contributed by atoms with van der Waals surface area (Å²) in [5, 5.41) is 2.91. The van der Waals surface area contributed by atoms with Crippen LogP contribution in [0.25, 0.3) is 0 Å². The van der Waals surface area contributed by atoms with Gasteiger partial charge in [0.25, 0.3) is 5.91 Å². The van der Waals surface area contributed by atoms with Crippen molar-refractivity contribution in [2.24, 2.45) is 0 Å². The average Bonchev–Trinajstić information content (AvgIpc) is 2.47. The number of rotatable bonds is 4. The van der Waals surface area contributed by atoms with E-state index < -0.39 is 0 Å². The lowest BCUT2D eigenvalue weighted by Gasteiger charge is -2.15. The Morgan fingerprint density at radius 3 is 2.43 bits per heavy atom. The summed E-state index contributed by atoms with van der Waals surface area (Å²) >= 11 is 0. The van der Waals surface area contributed by atoms with Crippen molar-refractivity contribution in [1.82, 2.24) is 15.3 Å². The molecule has 1 N–H and O–H groups in total. The highest BCUT2D eigenvalue weighted by molar-refractivity contribution is 5.94. The molecule has 5 nitrogen and oxygen atoms in total. The minimum Gasteiger partial charge on any atom is -0.378 e. The molecule has 1 heterocycles. The maximum absolute atomic E-state index is 12.2. The van der Waals surface area contributed by atoms with Gasteiger partial charge >= 0.3 is 0 Å². The molecule has 5 heteroatoms. The van der Waals surface area contributed by atoms with Gasteiger partial charge in [-0.25, -0.2) is 9.97 Å². The van der Waals surface area contributed by atoms with Crippen molar-refractivity contribution in [2.75, 3.05) is 19.0 Å². The summed E-state index contributed by atoms with van der Waals surface area (Å²) in [4.78, 5) is 22.7. The Labute approximate surface area is 125 Å². The Morgan fingerprint density at radius 2 is 1.86 bits per heavy atom. The number of aromatic nitrogens is 2. The van der Waals surface area contributed by atoms with Crippen LogP contribution in [0, 0.1) is 6.92 Å². The van der Waals surface area contributed by atoms with Crippen LogP contribution in [0.1, 0.15) is 34.8 Å². The molecule has 0 aliphatic heterocycles. The van der Waals surface area contributed by atoms with E-state index in [4.69, 9.17) is 0 Å². The molecule has 0 saturated carbocycles. The van der Waals surface area contributed by atoms with Crippen LogP contribution in [0.15, 0.2) is 36.5 Å². The molecule has 0 aliphatic rings. The second-order valence-corrected chi connectivity index (χ2v) is 5.19. The van der Waals surface area contributed by atoms with E-state index in [1.807, 2.05) is 63.2 Å². The molecule has 0 bridgehead atoms. The highest BCUT2D eigenvalue weighted by Crippen LogP contribution is 2.13. The largest absolute Gasteiger partial charge is 0.378 e. The van der Waals surface area contributed by atoms with Gasteiger partial charge in [-0.2, -0.15) is 0 Å². The summed E-state index contributed by atoms with van der Waals surface area (Å²) in [6.45, 7) is 3.78. The molecule has 21 heavy (non-hydrogen) atoms. The molecule has 0 aliphatic carbocycles. The smallest absolute Gasteiger partial charge is 0.251 e. The van der Waals surface area contributed by atoms with Gasteiger partial charge in [-0.15, -0.1) is 0 Å².